The summed E-state index contributed by atoms with van der Waals surface area (Å²) in [6.07, 6.45) is 5.83. The van der Waals surface area contributed by atoms with Crippen molar-refractivity contribution in [3.63, 3.8) is 0 Å². The number of sulfone groups is 1. The van der Waals surface area contributed by atoms with Gasteiger partial charge in [0.2, 0.25) is 0 Å². The number of piperidine rings is 1. The number of aromatic nitrogens is 1. The summed E-state index contributed by atoms with van der Waals surface area (Å²) in [5, 5.41) is 3.69. The number of alkyl halides is 1. The molecule has 1 aromatic heterocycles. The summed E-state index contributed by atoms with van der Waals surface area (Å²) < 4.78 is 38.7. The highest BCUT2D eigenvalue weighted by atomic mass is 32.2. The van der Waals surface area contributed by atoms with Crippen LogP contribution < -0.4 is 5.32 Å². The fourth-order valence-electron chi connectivity index (χ4n) is 6.78. The number of hydrogen-bond acceptors (Lipinski definition) is 6. The zero-order valence-corrected chi connectivity index (χ0v) is 26.8. The van der Waals surface area contributed by atoms with Gasteiger partial charge in [0.25, 0.3) is 5.91 Å². The van der Waals surface area contributed by atoms with Gasteiger partial charge in [-0.15, -0.1) is 0 Å². The highest BCUT2D eigenvalue weighted by molar-refractivity contribution is 7.90. The number of carbonyl (C=O) groups is 1. The minimum Gasteiger partial charge on any atom is -0.345 e. The Hall–Kier alpha value is -3.66. The molecule has 0 spiro atoms. The lowest BCUT2D eigenvalue weighted by Gasteiger charge is -2.37. The third kappa shape index (κ3) is 6.95. The molecule has 2 saturated heterocycles. The van der Waals surface area contributed by atoms with Crippen LogP contribution in [0.1, 0.15) is 65.7 Å². The van der Waals surface area contributed by atoms with Crippen LogP contribution in [0.2, 0.25) is 0 Å². The van der Waals surface area contributed by atoms with Crippen molar-refractivity contribution in [1.82, 2.24) is 20.1 Å². The second-order valence-corrected chi connectivity index (χ2v) is 14.5. The Morgan fingerprint density at radius 3 is 2.31 bits per heavy atom. The van der Waals surface area contributed by atoms with Crippen LogP contribution in [-0.4, -0.2) is 67.6 Å². The second-order valence-electron chi connectivity index (χ2n) is 12.5. The molecule has 1 amide bonds. The van der Waals surface area contributed by atoms with Gasteiger partial charge < -0.3 is 10.2 Å². The molecule has 6 rings (SSSR count). The predicted molar refractivity (Wildman–Crippen MR) is 177 cm³/mol. The summed E-state index contributed by atoms with van der Waals surface area (Å²) in [4.78, 5) is 24.6. The maximum Gasteiger partial charge on any atom is 0.252 e. The van der Waals surface area contributed by atoms with E-state index in [2.05, 4.69) is 15.1 Å². The van der Waals surface area contributed by atoms with Crippen molar-refractivity contribution in [2.75, 3.05) is 32.4 Å². The molecule has 45 heavy (non-hydrogen) atoms. The van der Waals surface area contributed by atoms with Gasteiger partial charge in [0.1, 0.15) is 6.67 Å². The Morgan fingerprint density at radius 2 is 1.67 bits per heavy atom. The fourth-order valence-corrected chi connectivity index (χ4v) is 7.43. The van der Waals surface area contributed by atoms with Crippen molar-refractivity contribution in [2.24, 2.45) is 0 Å². The number of nitrogens with one attached hydrogen (secondary N) is 1. The number of nitrogens with zero attached hydrogens (tertiary/aromatic N) is 3. The SMILES string of the molecule is C[C@H](NC(=O)c1c(CN2CCC(N3CCCC3)CC2)c(-c2ccc(CF)cc2)nc2ccc(S(C)(=O)=O)cc12)c1ccccc1. The first kappa shape index (κ1) is 31.3. The second kappa shape index (κ2) is 13.4. The van der Waals surface area contributed by atoms with E-state index in [0.29, 0.717) is 40.3 Å². The quantitative estimate of drug-likeness (QED) is 0.234. The molecule has 7 nitrogen and oxygen atoms in total. The van der Waals surface area contributed by atoms with Gasteiger partial charge in [-0.2, -0.15) is 0 Å². The molecule has 0 radical (unpaired) electrons. The summed E-state index contributed by atoms with van der Waals surface area (Å²) in [7, 11) is -3.54. The fraction of sp³-hybridized carbons (Fsp3) is 0.389. The topological polar surface area (TPSA) is 82.6 Å². The van der Waals surface area contributed by atoms with E-state index in [1.54, 1.807) is 24.3 Å². The van der Waals surface area contributed by atoms with E-state index in [-0.39, 0.29) is 16.8 Å². The smallest absolute Gasteiger partial charge is 0.252 e. The summed E-state index contributed by atoms with van der Waals surface area (Å²) in [5.74, 6) is -0.284. The van der Waals surface area contributed by atoms with E-state index in [0.717, 1.165) is 42.6 Å². The van der Waals surface area contributed by atoms with Crippen LogP contribution in [-0.2, 0) is 23.1 Å². The number of likely N-dealkylation sites (tertiary alicyclic amines) is 2. The molecule has 0 saturated carbocycles. The minimum absolute atomic E-state index is 0.138. The highest BCUT2D eigenvalue weighted by Gasteiger charge is 2.30. The van der Waals surface area contributed by atoms with Gasteiger partial charge >= 0.3 is 0 Å². The molecule has 3 heterocycles. The molecule has 9 heteroatoms. The van der Waals surface area contributed by atoms with Crippen molar-refractivity contribution >= 4 is 26.6 Å². The van der Waals surface area contributed by atoms with E-state index in [9.17, 15) is 17.6 Å². The van der Waals surface area contributed by atoms with Crippen molar-refractivity contribution in [3.8, 4) is 11.3 Å². The number of hydrogen-bond donors (Lipinski definition) is 1. The standard InChI is InChI=1S/C36H41FN4O3S/c1-25(27-8-4-3-5-9-27)38-36(42)34-31-22-30(45(2,43)44)14-15-33(31)39-35(28-12-10-26(23-37)11-13-28)32(34)24-40-20-16-29(17-21-40)41-18-6-7-19-41/h3-5,8-15,22,25,29H,6-7,16-21,23-24H2,1-2H3,(H,38,42)/t25-/m0/s1. The van der Waals surface area contributed by atoms with E-state index in [4.69, 9.17) is 4.98 Å². The number of benzene rings is 3. The van der Waals surface area contributed by atoms with E-state index >= 15 is 0 Å². The minimum atomic E-state index is -3.54. The van der Waals surface area contributed by atoms with Gasteiger partial charge in [-0.25, -0.2) is 17.8 Å². The van der Waals surface area contributed by atoms with Gasteiger partial charge in [0.15, 0.2) is 9.84 Å². The maximum absolute atomic E-state index is 14.4. The van der Waals surface area contributed by atoms with Crippen LogP contribution in [0.3, 0.4) is 0 Å². The monoisotopic (exact) mass is 628 g/mol. The molecule has 3 aromatic carbocycles. The van der Waals surface area contributed by atoms with Crippen molar-refractivity contribution < 1.29 is 17.6 Å². The molecule has 4 aromatic rings. The number of fused-ring (bicyclic) bond motifs is 1. The number of amides is 1. The summed E-state index contributed by atoms with van der Waals surface area (Å²) in [6, 6.07) is 22.1. The van der Waals surface area contributed by atoms with Crippen molar-refractivity contribution in [2.45, 2.75) is 62.8 Å². The Labute approximate surface area is 265 Å². The molecule has 1 N–H and O–H groups in total. The first-order chi connectivity index (χ1) is 21.7. The lowest BCUT2D eigenvalue weighted by molar-refractivity contribution is 0.0936. The molecule has 1 atom stereocenters. The molecular formula is C36H41FN4O3S. The first-order valence-electron chi connectivity index (χ1n) is 15.9. The Morgan fingerprint density at radius 1 is 0.978 bits per heavy atom. The Bertz CT molecular complexity index is 1770. The van der Waals surface area contributed by atoms with Crippen molar-refractivity contribution in [3.05, 3.63) is 95.1 Å². The van der Waals surface area contributed by atoms with Gasteiger partial charge in [0, 0.05) is 35.4 Å². The lowest BCUT2D eigenvalue weighted by atomic mass is 9.93. The summed E-state index contributed by atoms with van der Waals surface area (Å²) >= 11 is 0. The molecule has 0 aliphatic carbocycles. The predicted octanol–water partition coefficient (Wildman–Crippen LogP) is 6.33. The molecular weight excluding hydrogens is 587 g/mol. The van der Waals surface area contributed by atoms with E-state index in [1.165, 1.54) is 38.3 Å². The molecule has 2 aliphatic heterocycles. The number of halogens is 1. The van der Waals surface area contributed by atoms with Gasteiger partial charge in [-0.05, 0) is 88.1 Å². The summed E-state index contributed by atoms with van der Waals surface area (Å²) in [5.41, 5.74) is 4.68. The lowest BCUT2D eigenvalue weighted by Crippen LogP contribution is -2.43. The largest absolute Gasteiger partial charge is 0.345 e. The van der Waals surface area contributed by atoms with Gasteiger partial charge in [-0.3, -0.25) is 9.69 Å². The zero-order valence-electron chi connectivity index (χ0n) is 26.0. The van der Waals surface area contributed by atoms with Gasteiger partial charge in [0.05, 0.1) is 27.7 Å². The number of pyridine rings is 1. The number of rotatable bonds is 9. The van der Waals surface area contributed by atoms with Crippen LogP contribution in [0.5, 0.6) is 0 Å². The molecule has 2 aliphatic rings. The Balaban J connectivity index is 1.47. The third-order valence-corrected chi connectivity index (χ3v) is 10.4. The molecule has 0 unspecified atom stereocenters. The zero-order chi connectivity index (χ0) is 31.6. The van der Waals surface area contributed by atoms with E-state index < -0.39 is 16.5 Å². The van der Waals surface area contributed by atoms with Crippen LogP contribution in [0, 0.1) is 0 Å². The molecule has 236 valence electrons. The average Bonchev–Trinajstić information content (AvgIpc) is 3.60. The van der Waals surface area contributed by atoms with Crippen LogP contribution in [0.25, 0.3) is 22.2 Å². The Kier molecular flexibility index (Phi) is 9.31. The van der Waals surface area contributed by atoms with E-state index in [1.807, 2.05) is 49.4 Å². The summed E-state index contributed by atoms with van der Waals surface area (Å²) in [6.45, 7) is 5.99. The molecule has 0 bridgehead atoms. The third-order valence-electron chi connectivity index (χ3n) is 9.34. The highest BCUT2D eigenvalue weighted by Crippen LogP contribution is 2.34. The first-order valence-corrected chi connectivity index (χ1v) is 17.7. The average molecular weight is 629 g/mol. The molecule has 2 fully saturated rings. The van der Waals surface area contributed by atoms with Crippen LogP contribution >= 0.6 is 0 Å². The van der Waals surface area contributed by atoms with Gasteiger partial charge in [-0.1, -0.05) is 54.6 Å². The van der Waals surface area contributed by atoms with Crippen molar-refractivity contribution in [1.29, 1.82) is 0 Å². The number of carbonyl (C=O) groups excluding carboxylic acids is 1. The maximum atomic E-state index is 14.4. The van der Waals surface area contributed by atoms with Crippen LogP contribution in [0.15, 0.2) is 77.7 Å². The normalized spacial score (nSPS) is 17.5. The van der Waals surface area contributed by atoms with Crippen LogP contribution in [0.4, 0.5) is 4.39 Å².